The Labute approximate surface area is 115 Å². The number of piperidine rings is 1. The Bertz CT molecular complexity index is 427. The number of nitrogens with two attached hydrogens (primary N) is 1. The molecule has 0 aliphatic carbocycles. The summed E-state index contributed by atoms with van der Waals surface area (Å²) >= 11 is 0. The number of likely N-dealkylation sites (tertiary alicyclic amines) is 1. The molecule has 1 aromatic carbocycles. The summed E-state index contributed by atoms with van der Waals surface area (Å²) in [4.78, 5) is 14.5. The third-order valence-electron chi connectivity index (χ3n) is 4.06. The Morgan fingerprint density at radius 3 is 2.63 bits per heavy atom. The number of hydrogen-bond donors (Lipinski definition) is 1. The van der Waals surface area contributed by atoms with E-state index in [1.165, 1.54) is 12.0 Å². The summed E-state index contributed by atoms with van der Waals surface area (Å²) in [5.74, 6) is 0.214. The molecular formula is C16H24N2O. The highest BCUT2D eigenvalue weighted by Gasteiger charge is 2.30. The van der Waals surface area contributed by atoms with E-state index < -0.39 is 0 Å². The van der Waals surface area contributed by atoms with Crippen LogP contribution in [-0.2, 0) is 11.2 Å². The van der Waals surface area contributed by atoms with Gasteiger partial charge in [0.2, 0.25) is 5.91 Å². The van der Waals surface area contributed by atoms with Crippen molar-refractivity contribution in [3.05, 3.63) is 35.4 Å². The summed E-state index contributed by atoms with van der Waals surface area (Å²) in [5, 5.41) is 0. The lowest BCUT2D eigenvalue weighted by atomic mass is 9.95. The average molecular weight is 260 g/mol. The molecule has 1 aromatic rings. The molecule has 3 heteroatoms. The zero-order chi connectivity index (χ0) is 13.8. The van der Waals surface area contributed by atoms with Crippen LogP contribution in [0.5, 0.6) is 0 Å². The van der Waals surface area contributed by atoms with Gasteiger partial charge in [0.15, 0.2) is 0 Å². The van der Waals surface area contributed by atoms with Gasteiger partial charge in [-0.2, -0.15) is 0 Å². The van der Waals surface area contributed by atoms with Crippen LogP contribution in [0.15, 0.2) is 24.3 Å². The number of carbonyl (C=O) groups is 1. The molecule has 0 radical (unpaired) electrons. The lowest BCUT2D eigenvalue weighted by Crippen LogP contribution is -2.52. The van der Waals surface area contributed by atoms with Crippen LogP contribution in [-0.4, -0.2) is 29.4 Å². The first-order valence-electron chi connectivity index (χ1n) is 7.18. The number of hydrogen-bond acceptors (Lipinski definition) is 2. The fraction of sp³-hybridized carbons (Fsp3) is 0.562. The molecule has 1 saturated heterocycles. The largest absolute Gasteiger partial charge is 0.335 e. The fourth-order valence-electron chi connectivity index (χ4n) is 2.94. The topological polar surface area (TPSA) is 46.3 Å². The van der Waals surface area contributed by atoms with Crippen molar-refractivity contribution < 1.29 is 4.79 Å². The molecule has 1 amide bonds. The zero-order valence-corrected chi connectivity index (χ0v) is 11.9. The fourth-order valence-corrected chi connectivity index (χ4v) is 2.94. The summed E-state index contributed by atoms with van der Waals surface area (Å²) in [7, 11) is 0. The van der Waals surface area contributed by atoms with Crippen molar-refractivity contribution in [2.24, 2.45) is 5.73 Å². The molecule has 0 saturated carbocycles. The highest BCUT2D eigenvalue weighted by Crippen LogP contribution is 2.23. The zero-order valence-electron chi connectivity index (χ0n) is 11.9. The second kappa shape index (κ2) is 6.20. The van der Waals surface area contributed by atoms with Gasteiger partial charge in [-0.05, 0) is 38.7 Å². The molecule has 2 rings (SSSR count). The number of nitrogens with zero attached hydrogens (tertiary/aromatic N) is 1. The van der Waals surface area contributed by atoms with E-state index in [0.717, 1.165) is 18.4 Å². The highest BCUT2D eigenvalue weighted by atomic mass is 16.2. The van der Waals surface area contributed by atoms with Gasteiger partial charge < -0.3 is 10.6 Å². The van der Waals surface area contributed by atoms with Gasteiger partial charge in [0.05, 0.1) is 6.42 Å². The van der Waals surface area contributed by atoms with E-state index in [2.05, 4.69) is 26.0 Å². The molecule has 0 aromatic heterocycles. The van der Waals surface area contributed by atoms with E-state index in [-0.39, 0.29) is 11.9 Å². The minimum atomic E-state index is 0.214. The average Bonchev–Trinajstić information content (AvgIpc) is 2.40. The first-order chi connectivity index (χ1) is 9.11. The predicted octanol–water partition coefficient (Wildman–Crippen LogP) is 2.27. The van der Waals surface area contributed by atoms with Gasteiger partial charge in [0.1, 0.15) is 0 Å². The molecule has 2 unspecified atom stereocenters. The molecule has 1 aliphatic heterocycles. The smallest absolute Gasteiger partial charge is 0.227 e. The number of amides is 1. The molecule has 1 fully saturated rings. The standard InChI is InChI=1S/C16H24N2O/c1-12-6-8-14(9-7-12)10-16(19)18-13(2)4-3-5-15(18)11-17/h6-9,13,15H,3-5,10-11,17H2,1-2H3. The van der Waals surface area contributed by atoms with Crippen molar-refractivity contribution in [2.45, 2.75) is 51.6 Å². The van der Waals surface area contributed by atoms with Gasteiger partial charge in [-0.15, -0.1) is 0 Å². The molecule has 2 atom stereocenters. The normalized spacial score (nSPS) is 23.4. The maximum Gasteiger partial charge on any atom is 0.227 e. The van der Waals surface area contributed by atoms with Gasteiger partial charge in [-0.1, -0.05) is 29.8 Å². The maximum absolute atomic E-state index is 12.5. The Kier molecular flexibility index (Phi) is 4.59. The lowest BCUT2D eigenvalue weighted by Gasteiger charge is -2.40. The summed E-state index contributed by atoms with van der Waals surface area (Å²) in [6.45, 7) is 4.77. The predicted molar refractivity (Wildman–Crippen MR) is 77.9 cm³/mol. The third-order valence-corrected chi connectivity index (χ3v) is 4.06. The van der Waals surface area contributed by atoms with Gasteiger partial charge in [-0.3, -0.25) is 4.79 Å². The summed E-state index contributed by atoms with van der Waals surface area (Å²) < 4.78 is 0. The van der Waals surface area contributed by atoms with Crippen LogP contribution < -0.4 is 5.73 Å². The molecule has 2 N–H and O–H groups in total. The minimum Gasteiger partial charge on any atom is -0.335 e. The Balaban J connectivity index is 2.06. The van der Waals surface area contributed by atoms with E-state index >= 15 is 0 Å². The molecule has 104 valence electrons. The minimum absolute atomic E-state index is 0.214. The number of carbonyl (C=O) groups excluding carboxylic acids is 1. The second-order valence-corrected chi connectivity index (χ2v) is 5.63. The monoisotopic (exact) mass is 260 g/mol. The molecule has 0 bridgehead atoms. The van der Waals surface area contributed by atoms with Crippen LogP contribution in [0.3, 0.4) is 0 Å². The highest BCUT2D eigenvalue weighted by molar-refractivity contribution is 5.79. The SMILES string of the molecule is Cc1ccc(CC(=O)N2C(C)CCCC2CN)cc1. The van der Waals surface area contributed by atoms with E-state index in [1.54, 1.807) is 0 Å². The number of rotatable bonds is 3. The summed E-state index contributed by atoms with van der Waals surface area (Å²) in [5.41, 5.74) is 8.12. The van der Waals surface area contributed by atoms with Crippen molar-refractivity contribution >= 4 is 5.91 Å². The van der Waals surface area contributed by atoms with Crippen molar-refractivity contribution in [3.8, 4) is 0 Å². The van der Waals surface area contributed by atoms with Crippen LogP contribution in [0.4, 0.5) is 0 Å². The van der Waals surface area contributed by atoms with E-state index in [0.29, 0.717) is 19.0 Å². The quantitative estimate of drug-likeness (QED) is 0.906. The van der Waals surface area contributed by atoms with Crippen molar-refractivity contribution in [3.63, 3.8) is 0 Å². The van der Waals surface area contributed by atoms with Crippen LogP contribution in [0.2, 0.25) is 0 Å². The lowest BCUT2D eigenvalue weighted by molar-refractivity contribution is -0.136. The number of benzene rings is 1. The molecule has 1 aliphatic rings. The molecule has 1 heterocycles. The van der Waals surface area contributed by atoms with Gasteiger partial charge in [0.25, 0.3) is 0 Å². The van der Waals surface area contributed by atoms with Crippen LogP contribution in [0, 0.1) is 6.92 Å². The summed E-state index contributed by atoms with van der Waals surface area (Å²) in [6, 6.07) is 8.74. The van der Waals surface area contributed by atoms with Gasteiger partial charge in [-0.25, -0.2) is 0 Å². The first-order valence-corrected chi connectivity index (χ1v) is 7.18. The number of aryl methyl sites for hydroxylation is 1. The van der Waals surface area contributed by atoms with Crippen molar-refractivity contribution in [2.75, 3.05) is 6.54 Å². The van der Waals surface area contributed by atoms with E-state index in [9.17, 15) is 4.79 Å². The van der Waals surface area contributed by atoms with Gasteiger partial charge in [0, 0.05) is 18.6 Å². The van der Waals surface area contributed by atoms with Crippen molar-refractivity contribution in [1.82, 2.24) is 4.90 Å². The second-order valence-electron chi connectivity index (χ2n) is 5.63. The van der Waals surface area contributed by atoms with Crippen LogP contribution >= 0.6 is 0 Å². The molecular weight excluding hydrogens is 236 g/mol. The van der Waals surface area contributed by atoms with Gasteiger partial charge >= 0.3 is 0 Å². The molecule has 19 heavy (non-hydrogen) atoms. The first kappa shape index (κ1) is 14.1. The van der Waals surface area contributed by atoms with Crippen molar-refractivity contribution in [1.29, 1.82) is 0 Å². The Morgan fingerprint density at radius 1 is 1.32 bits per heavy atom. The Morgan fingerprint density at radius 2 is 2.00 bits per heavy atom. The van der Waals surface area contributed by atoms with Crippen LogP contribution in [0.1, 0.15) is 37.3 Å². The molecule has 0 spiro atoms. The van der Waals surface area contributed by atoms with E-state index in [4.69, 9.17) is 5.73 Å². The summed E-state index contributed by atoms with van der Waals surface area (Å²) in [6.07, 6.45) is 3.80. The maximum atomic E-state index is 12.5. The Hall–Kier alpha value is -1.35. The van der Waals surface area contributed by atoms with E-state index in [1.807, 2.05) is 17.0 Å². The molecule has 3 nitrogen and oxygen atoms in total. The third kappa shape index (κ3) is 3.35. The van der Waals surface area contributed by atoms with Crippen LogP contribution in [0.25, 0.3) is 0 Å².